The highest BCUT2D eigenvalue weighted by Gasteiger charge is 2.10. The first-order valence-corrected chi connectivity index (χ1v) is 6.86. The molecule has 0 fully saturated rings. The molecule has 5 heteroatoms. The molecule has 2 aromatic carbocycles. The van der Waals surface area contributed by atoms with E-state index in [2.05, 4.69) is 21.2 Å². The minimum atomic E-state index is -0.621. The largest absolute Gasteiger partial charge is 0.505 e. The number of para-hydroxylation sites is 1. The van der Waals surface area contributed by atoms with Crippen LogP contribution in [0.25, 0.3) is 0 Å². The summed E-state index contributed by atoms with van der Waals surface area (Å²) in [6.07, 6.45) is 0. The summed E-state index contributed by atoms with van der Waals surface area (Å²) in [5.41, 5.74) is 2.31. The number of nitrogens with one attached hydrogen (secondary N) is 1. The summed E-state index contributed by atoms with van der Waals surface area (Å²) in [7, 11) is 1.59. The molecule has 0 radical (unpaired) electrons. The van der Waals surface area contributed by atoms with Gasteiger partial charge in [-0.05, 0) is 30.7 Å². The van der Waals surface area contributed by atoms with Gasteiger partial charge in [0.25, 0.3) is 0 Å². The number of aromatic hydroxyl groups is 1. The van der Waals surface area contributed by atoms with Crippen molar-refractivity contribution in [2.24, 2.45) is 0 Å². The zero-order chi connectivity index (χ0) is 14.7. The minimum Gasteiger partial charge on any atom is -0.505 e. The molecular weight excluding hydrogens is 325 g/mol. The molecule has 0 heterocycles. The molecule has 2 rings (SSSR count). The molecule has 2 N–H and O–H groups in total. The van der Waals surface area contributed by atoms with Crippen molar-refractivity contribution in [1.82, 2.24) is 0 Å². The third-order valence-corrected chi connectivity index (χ3v) is 3.47. The number of phenols is 1. The standard InChI is InChI=1S/C15H15BrFNO2/c1-9-6-11(16)7-13(20-2)14(9)18-8-10-4-3-5-12(17)15(10)19/h3-7,18-19H,8H2,1-2H3. The van der Waals surface area contributed by atoms with Crippen LogP contribution in [0.1, 0.15) is 11.1 Å². The molecule has 2 aromatic rings. The Morgan fingerprint density at radius 3 is 2.80 bits per heavy atom. The van der Waals surface area contributed by atoms with E-state index in [4.69, 9.17) is 4.74 Å². The molecule has 0 aliphatic rings. The lowest BCUT2D eigenvalue weighted by atomic mass is 10.1. The van der Waals surface area contributed by atoms with E-state index in [1.165, 1.54) is 6.07 Å². The van der Waals surface area contributed by atoms with Crippen molar-refractivity contribution in [1.29, 1.82) is 0 Å². The van der Waals surface area contributed by atoms with Crippen molar-refractivity contribution in [3.8, 4) is 11.5 Å². The molecule has 0 aliphatic heterocycles. The maximum absolute atomic E-state index is 13.3. The van der Waals surface area contributed by atoms with Gasteiger partial charge >= 0.3 is 0 Å². The molecule has 0 saturated carbocycles. The van der Waals surface area contributed by atoms with Crippen LogP contribution in [-0.2, 0) is 6.54 Å². The Bertz CT molecular complexity index is 632. The van der Waals surface area contributed by atoms with Gasteiger partial charge in [0.2, 0.25) is 0 Å². The van der Waals surface area contributed by atoms with Crippen molar-refractivity contribution in [2.45, 2.75) is 13.5 Å². The molecule has 0 atom stereocenters. The predicted molar refractivity (Wildman–Crippen MR) is 80.8 cm³/mol. The molecule has 20 heavy (non-hydrogen) atoms. The van der Waals surface area contributed by atoms with Gasteiger partial charge in [0.1, 0.15) is 5.75 Å². The summed E-state index contributed by atoms with van der Waals surface area (Å²) >= 11 is 3.41. The predicted octanol–water partition coefficient (Wildman–Crippen LogP) is 4.22. The quantitative estimate of drug-likeness (QED) is 0.876. The monoisotopic (exact) mass is 339 g/mol. The Labute approximate surface area is 125 Å². The summed E-state index contributed by atoms with van der Waals surface area (Å²) in [6.45, 7) is 2.25. The zero-order valence-corrected chi connectivity index (χ0v) is 12.8. The lowest BCUT2D eigenvalue weighted by Gasteiger charge is -2.15. The summed E-state index contributed by atoms with van der Waals surface area (Å²) in [4.78, 5) is 0. The van der Waals surface area contributed by atoms with Gasteiger partial charge < -0.3 is 15.2 Å². The molecule has 0 bridgehead atoms. The van der Waals surface area contributed by atoms with Crippen molar-refractivity contribution in [3.05, 3.63) is 51.7 Å². The van der Waals surface area contributed by atoms with Crippen molar-refractivity contribution in [3.63, 3.8) is 0 Å². The van der Waals surface area contributed by atoms with Gasteiger partial charge in [0, 0.05) is 16.6 Å². The van der Waals surface area contributed by atoms with Crippen LogP contribution in [0.15, 0.2) is 34.8 Å². The lowest BCUT2D eigenvalue weighted by molar-refractivity contribution is 0.415. The highest BCUT2D eigenvalue weighted by Crippen LogP contribution is 2.33. The number of rotatable bonds is 4. The maximum atomic E-state index is 13.3. The number of hydrogen-bond donors (Lipinski definition) is 2. The molecule has 0 spiro atoms. The third-order valence-electron chi connectivity index (χ3n) is 3.01. The van der Waals surface area contributed by atoms with E-state index >= 15 is 0 Å². The number of hydrogen-bond acceptors (Lipinski definition) is 3. The van der Waals surface area contributed by atoms with E-state index in [0.29, 0.717) is 17.9 Å². The van der Waals surface area contributed by atoms with E-state index < -0.39 is 5.82 Å². The molecule has 0 saturated heterocycles. The van der Waals surface area contributed by atoms with E-state index in [1.807, 2.05) is 19.1 Å². The fraction of sp³-hybridized carbons (Fsp3) is 0.200. The van der Waals surface area contributed by atoms with Crippen LogP contribution in [-0.4, -0.2) is 12.2 Å². The molecule has 0 aromatic heterocycles. The topological polar surface area (TPSA) is 41.5 Å². The maximum Gasteiger partial charge on any atom is 0.165 e. The van der Waals surface area contributed by atoms with Gasteiger partial charge in [-0.2, -0.15) is 0 Å². The molecule has 3 nitrogen and oxygen atoms in total. The Morgan fingerprint density at radius 1 is 1.35 bits per heavy atom. The van der Waals surface area contributed by atoms with Crippen LogP contribution < -0.4 is 10.1 Å². The first-order valence-electron chi connectivity index (χ1n) is 6.07. The van der Waals surface area contributed by atoms with Crippen LogP contribution in [0, 0.1) is 12.7 Å². The fourth-order valence-electron chi connectivity index (χ4n) is 1.99. The second kappa shape index (κ2) is 6.13. The summed E-state index contributed by atoms with van der Waals surface area (Å²) < 4.78 is 19.5. The number of ether oxygens (including phenoxy) is 1. The van der Waals surface area contributed by atoms with Crippen molar-refractivity contribution >= 4 is 21.6 Å². The number of aryl methyl sites for hydroxylation is 1. The second-order valence-corrected chi connectivity index (χ2v) is 5.32. The van der Waals surface area contributed by atoms with E-state index in [9.17, 15) is 9.50 Å². The number of anilines is 1. The van der Waals surface area contributed by atoms with Crippen LogP contribution in [0.4, 0.5) is 10.1 Å². The summed E-state index contributed by atoms with van der Waals surface area (Å²) in [6, 6.07) is 8.27. The van der Waals surface area contributed by atoms with Gasteiger partial charge in [0.05, 0.1) is 12.8 Å². The fourth-order valence-corrected chi connectivity index (χ4v) is 2.54. The number of phenolic OH excluding ortho intramolecular Hbond substituents is 1. The Balaban J connectivity index is 2.25. The van der Waals surface area contributed by atoms with Crippen molar-refractivity contribution in [2.75, 3.05) is 12.4 Å². The van der Waals surface area contributed by atoms with Gasteiger partial charge in [-0.15, -0.1) is 0 Å². The number of benzene rings is 2. The first-order chi connectivity index (χ1) is 9.52. The van der Waals surface area contributed by atoms with Gasteiger partial charge in [-0.1, -0.05) is 28.1 Å². The van der Waals surface area contributed by atoms with Crippen LogP contribution in [0.2, 0.25) is 0 Å². The van der Waals surface area contributed by atoms with Gasteiger partial charge in [0.15, 0.2) is 11.6 Å². The molecular formula is C15H15BrFNO2. The van der Waals surface area contributed by atoms with Crippen molar-refractivity contribution < 1.29 is 14.2 Å². The van der Waals surface area contributed by atoms with E-state index in [1.54, 1.807) is 19.2 Å². The Hall–Kier alpha value is -1.75. The van der Waals surface area contributed by atoms with Crippen LogP contribution >= 0.6 is 15.9 Å². The number of halogens is 2. The minimum absolute atomic E-state index is 0.308. The highest BCUT2D eigenvalue weighted by molar-refractivity contribution is 9.10. The Kier molecular flexibility index (Phi) is 4.49. The highest BCUT2D eigenvalue weighted by atomic mass is 79.9. The Morgan fingerprint density at radius 2 is 2.10 bits per heavy atom. The van der Waals surface area contributed by atoms with Gasteiger partial charge in [-0.3, -0.25) is 0 Å². The number of methoxy groups -OCH3 is 1. The first kappa shape index (κ1) is 14.7. The van der Waals surface area contributed by atoms with Gasteiger partial charge in [-0.25, -0.2) is 4.39 Å². The smallest absolute Gasteiger partial charge is 0.165 e. The molecule has 0 amide bonds. The third kappa shape index (κ3) is 3.04. The van der Waals surface area contributed by atoms with Crippen LogP contribution in [0.5, 0.6) is 11.5 Å². The summed E-state index contributed by atoms with van der Waals surface area (Å²) in [5, 5.41) is 12.8. The van der Waals surface area contributed by atoms with Crippen LogP contribution in [0.3, 0.4) is 0 Å². The zero-order valence-electron chi connectivity index (χ0n) is 11.2. The molecule has 0 aliphatic carbocycles. The van der Waals surface area contributed by atoms with E-state index in [-0.39, 0.29) is 5.75 Å². The average molecular weight is 340 g/mol. The normalized spacial score (nSPS) is 10.4. The lowest BCUT2D eigenvalue weighted by Crippen LogP contribution is -2.04. The SMILES string of the molecule is COc1cc(Br)cc(C)c1NCc1cccc(F)c1O. The molecule has 0 unspecified atom stereocenters. The molecule has 106 valence electrons. The van der Waals surface area contributed by atoms with E-state index in [0.717, 1.165) is 15.7 Å². The summed E-state index contributed by atoms with van der Waals surface area (Å²) in [5.74, 6) is -0.259. The average Bonchev–Trinajstić information content (AvgIpc) is 2.41. The second-order valence-electron chi connectivity index (χ2n) is 4.40.